The Labute approximate surface area is 89.0 Å². The molecule has 2 unspecified atom stereocenters. The highest BCUT2D eigenvalue weighted by Gasteiger charge is 2.38. The highest BCUT2D eigenvalue weighted by Crippen LogP contribution is 2.31. The Hall–Kier alpha value is -0.940. The molecule has 1 aliphatic heterocycles. The van der Waals surface area contributed by atoms with Gasteiger partial charge in [0.1, 0.15) is 0 Å². The molecule has 2 heterocycles. The maximum Gasteiger partial charge on any atom is 0.213 e. The Morgan fingerprint density at radius 2 is 2.53 bits per heavy atom. The van der Waals surface area contributed by atoms with Crippen LogP contribution in [0.5, 0.6) is 0 Å². The third-order valence-electron chi connectivity index (χ3n) is 2.91. The minimum absolute atomic E-state index is 0.229. The van der Waals surface area contributed by atoms with Gasteiger partial charge >= 0.3 is 0 Å². The molecule has 2 atom stereocenters. The zero-order valence-corrected chi connectivity index (χ0v) is 8.98. The highest BCUT2D eigenvalue weighted by molar-refractivity contribution is 5.04. The van der Waals surface area contributed by atoms with Crippen molar-refractivity contribution >= 4 is 0 Å². The largest absolute Gasteiger partial charge is 0.378 e. The van der Waals surface area contributed by atoms with Crippen LogP contribution in [0.1, 0.15) is 38.4 Å². The van der Waals surface area contributed by atoms with Crippen molar-refractivity contribution in [3.05, 3.63) is 12.2 Å². The van der Waals surface area contributed by atoms with Gasteiger partial charge in [0.05, 0.1) is 11.6 Å². The van der Waals surface area contributed by atoms with Crippen molar-refractivity contribution in [2.75, 3.05) is 6.61 Å². The molecule has 5 nitrogen and oxygen atoms in total. The quantitative estimate of drug-likeness (QED) is 0.813. The number of ether oxygens (including phenoxy) is 1. The Balaban J connectivity index is 2.08. The predicted molar refractivity (Wildman–Crippen MR) is 54.0 cm³/mol. The number of nitrogens with zero attached hydrogens (tertiary/aromatic N) is 2. The van der Waals surface area contributed by atoms with Crippen LogP contribution in [0.25, 0.3) is 0 Å². The third-order valence-corrected chi connectivity index (χ3v) is 2.91. The van der Waals surface area contributed by atoms with Crippen LogP contribution in [-0.2, 0) is 10.3 Å². The summed E-state index contributed by atoms with van der Waals surface area (Å²) in [5, 5.41) is 3.84. The molecule has 15 heavy (non-hydrogen) atoms. The molecule has 2 rings (SSSR count). The summed E-state index contributed by atoms with van der Waals surface area (Å²) in [5.41, 5.74) is 5.81. The highest BCUT2D eigenvalue weighted by atomic mass is 16.5. The summed E-state index contributed by atoms with van der Waals surface area (Å²) >= 11 is 0. The van der Waals surface area contributed by atoms with E-state index in [4.69, 9.17) is 15.0 Å². The Bertz CT molecular complexity index is 300. The minimum atomic E-state index is -0.467. The Morgan fingerprint density at radius 1 is 1.67 bits per heavy atom. The van der Waals surface area contributed by atoms with Crippen LogP contribution in [-0.4, -0.2) is 22.9 Å². The van der Waals surface area contributed by atoms with Gasteiger partial charge in [0.2, 0.25) is 6.39 Å². The van der Waals surface area contributed by atoms with Gasteiger partial charge in [-0.2, -0.15) is 4.98 Å². The van der Waals surface area contributed by atoms with Gasteiger partial charge in [0.15, 0.2) is 5.82 Å². The van der Waals surface area contributed by atoms with Gasteiger partial charge in [0, 0.05) is 6.61 Å². The SMILES string of the molecule is CCCC1CC(N)(c2ncon2)CCO1. The van der Waals surface area contributed by atoms with Crippen LogP contribution < -0.4 is 5.73 Å². The molecule has 0 aliphatic carbocycles. The first-order valence-electron chi connectivity index (χ1n) is 5.42. The van der Waals surface area contributed by atoms with Gasteiger partial charge < -0.3 is 15.0 Å². The van der Waals surface area contributed by atoms with E-state index in [0.717, 1.165) is 25.7 Å². The molecule has 1 fully saturated rings. The molecule has 0 bridgehead atoms. The van der Waals surface area contributed by atoms with Gasteiger partial charge in [-0.1, -0.05) is 18.5 Å². The van der Waals surface area contributed by atoms with Crippen LogP contribution in [0, 0.1) is 0 Å². The van der Waals surface area contributed by atoms with Gasteiger partial charge in [-0.15, -0.1) is 0 Å². The molecule has 0 spiro atoms. The minimum Gasteiger partial charge on any atom is -0.378 e. The summed E-state index contributed by atoms with van der Waals surface area (Å²) in [4.78, 5) is 4.05. The lowest BCUT2D eigenvalue weighted by Gasteiger charge is -2.35. The van der Waals surface area contributed by atoms with Gasteiger partial charge in [0.25, 0.3) is 0 Å². The number of rotatable bonds is 3. The maximum atomic E-state index is 6.28. The second kappa shape index (κ2) is 4.28. The lowest BCUT2D eigenvalue weighted by molar-refractivity contribution is -0.0267. The number of aromatic nitrogens is 2. The van der Waals surface area contributed by atoms with Crippen LogP contribution >= 0.6 is 0 Å². The predicted octanol–water partition coefficient (Wildman–Crippen LogP) is 1.20. The van der Waals surface area contributed by atoms with Gasteiger partial charge in [-0.05, 0) is 19.3 Å². The van der Waals surface area contributed by atoms with Crippen molar-refractivity contribution in [2.45, 2.75) is 44.2 Å². The van der Waals surface area contributed by atoms with Gasteiger partial charge in [-0.3, -0.25) is 0 Å². The fourth-order valence-corrected chi connectivity index (χ4v) is 2.08. The van der Waals surface area contributed by atoms with Crippen LogP contribution in [0.3, 0.4) is 0 Å². The van der Waals surface area contributed by atoms with E-state index in [0.29, 0.717) is 12.4 Å². The summed E-state index contributed by atoms with van der Waals surface area (Å²) < 4.78 is 10.4. The molecule has 2 N–H and O–H groups in total. The van der Waals surface area contributed by atoms with E-state index >= 15 is 0 Å². The molecular formula is C10H17N3O2. The molecule has 1 aromatic heterocycles. The average Bonchev–Trinajstić information content (AvgIpc) is 2.71. The van der Waals surface area contributed by atoms with E-state index in [1.165, 1.54) is 6.39 Å². The van der Waals surface area contributed by atoms with Crippen LogP contribution in [0.2, 0.25) is 0 Å². The second-order valence-electron chi connectivity index (χ2n) is 4.15. The normalized spacial score (nSPS) is 31.7. The van der Waals surface area contributed by atoms with Crippen molar-refractivity contribution in [1.29, 1.82) is 0 Å². The Kier molecular flexibility index (Phi) is 3.02. The number of nitrogens with two attached hydrogens (primary N) is 1. The number of hydrogen-bond donors (Lipinski definition) is 1. The zero-order valence-electron chi connectivity index (χ0n) is 8.98. The molecule has 0 aromatic carbocycles. The molecular weight excluding hydrogens is 194 g/mol. The van der Waals surface area contributed by atoms with E-state index in [-0.39, 0.29) is 6.10 Å². The zero-order chi connectivity index (χ0) is 10.7. The smallest absolute Gasteiger partial charge is 0.213 e. The molecule has 1 aliphatic rings. The van der Waals surface area contributed by atoms with Crippen LogP contribution in [0.4, 0.5) is 0 Å². The van der Waals surface area contributed by atoms with E-state index < -0.39 is 5.54 Å². The lowest BCUT2D eigenvalue weighted by atomic mass is 9.85. The summed E-state index contributed by atoms with van der Waals surface area (Å²) in [6.45, 7) is 2.82. The van der Waals surface area contributed by atoms with E-state index in [1.807, 2.05) is 0 Å². The molecule has 5 heteroatoms. The van der Waals surface area contributed by atoms with Crippen LogP contribution in [0.15, 0.2) is 10.9 Å². The molecule has 1 aromatic rings. The second-order valence-corrected chi connectivity index (χ2v) is 4.15. The van der Waals surface area contributed by atoms with Crippen molar-refractivity contribution in [1.82, 2.24) is 10.1 Å². The fraction of sp³-hybridized carbons (Fsp3) is 0.800. The summed E-state index contributed by atoms with van der Waals surface area (Å²) in [5.74, 6) is 0.604. The first-order valence-corrected chi connectivity index (χ1v) is 5.42. The topological polar surface area (TPSA) is 74.2 Å². The first kappa shape index (κ1) is 10.6. The maximum absolute atomic E-state index is 6.28. The summed E-state index contributed by atoms with van der Waals surface area (Å²) in [6, 6.07) is 0. The first-order chi connectivity index (χ1) is 7.24. The van der Waals surface area contributed by atoms with Crippen molar-refractivity contribution < 1.29 is 9.26 Å². The van der Waals surface area contributed by atoms with E-state index in [1.54, 1.807) is 0 Å². The lowest BCUT2D eigenvalue weighted by Crippen LogP contribution is -2.46. The van der Waals surface area contributed by atoms with Crippen molar-refractivity contribution in [3.63, 3.8) is 0 Å². The molecule has 84 valence electrons. The van der Waals surface area contributed by atoms with E-state index in [9.17, 15) is 0 Å². The summed E-state index contributed by atoms with van der Waals surface area (Å²) in [6.07, 6.45) is 5.23. The Morgan fingerprint density at radius 3 is 3.20 bits per heavy atom. The molecule has 0 saturated carbocycles. The van der Waals surface area contributed by atoms with E-state index in [2.05, 4.69) is 17.1 Å². The fourth-order valence-electron chi connectivity index (χ4n) is 2.08. The van der Waals surface area contributed by atoms with Crippen molar-refractivity contribution in [3.8, 4) is 0 Å². The average molecular weight is 211 g/mol. The third kappa shape index (κ3) is 2.18. The van der Waals surface area contributed by atoms with Gasteiger partial charge in [-0.25, -0.2) is 0 Å². The number of hydrogen-bond acceptors (Lipinski definition) is 5. The summed E-state index contributed by atoms with van der Waals surface area (Å²) in [7, 11) is 0. The monoisotopic (exact) mass is 211 g/mol. The molecule has 0 radical (unpaired) electrons. The standard InChI is InChI=1S/C10H17N3O2/c1-2-3-8-6-10(11,4-5-14-8)9-12-7-15-13-9/h7-8H,2-6,11H2,1H3. The van der Waals surface area contributed by atoms with Crippen molar-refractivity contribution in [2.24, 2.45) is 5.73 Å². The molecule has 0 amide bonds. The molecule has 1 saturated heterocycles.